The van der Waals surface area contributed by atoms with Crippen LogP contribution in [-0.4, -0.2) is 55.7 Å². The molecule has 0 aromatic heterocycles. The van der Waals surface area contributed by atoms with Crippen LogP contribution >= 0.6 is 0 Å². The highest BCUT2D eigenvalue weighted by Gasteiger charge is 2.19. The Kier molecular flexibility index (Phi) is 8.50. The number of carboxylic acids is 1. The second-order valence-corrected chi connectivity index (χ2v) is 3.63. The van der Waals surface area contributed by atoms with Crippen LogP contribution in [0.3, 0.4) is 0 Å². The van der Waals surface area contributed by atoms with Crippen molar-refractivity contribution in [3.8, 4) is 0 Å². The second-order valence-electron chi connectivity index (χ2n) is 3.63. The van der Waals surface area contributed by atoms with E-state index in [2.05, 4.69) is 10.6 Å². The minimum absolute atomic E-state index is 0.0102. The van der Waals surface area contributed by atoms with Crippen molar-refractivity contribution in [2.45, 2.75) is 18.9 Å². The van der Waals surface area contributed by atoms with E-state index in [4.69, 9.17) is 15.6 Å². The fraction of sp³-hybridized carbons (Fsp3) is 0.700. The number of aliphatic carboxylic acids is 1. The lowest BCUT2D eigenvalue weighted by atomic mass is 10.1. The van der Waals surface area contributed by atoms with E-state index >= 15 is 0 Å². The molecule has 2 amide bonds. The van der Waals surface area contributed by atoms with Crippen molar-refractivity contribution in [2.24, 2.45) is 5.73 Å². The number of carbonyl (C=O) groups is 3. The number of hydrogen-bond acceptors (Lipinski definition) is 5. The van der Waals surface area contributed by atoms with Crippen LogP contribution in [-0.2, 0) is 19.1 Å². The van der Waals surface area contributed by atoms with Crippen molar-refractivity contribution in [2.75, 3.05) is 26.8 Å². The monoisotopic (exact) mass is 261 g/mol. The maximum absolute atomic E-state index is 11.4. The Morgan fingerprint density at radius 2 is 2.06 bits per heavy atom. The van der Waals surface area contributed by atoms with Gasteiger partial charge in [0.1, 0.15) is 6.04 Å². The Hall–Kier alpha value is -1.67. The number of carbonyl (C=O) groups excluding carboxylic acids is 2. The fourth-order valence-electron chi connectivity index (χ4n) is 1.17. The molecule has 0 aromatic carbocycles. The van der Waals surface area contributed by atoms with Gasteiger partial charge in [-0.05, 0) is 6.42 Å². The van der Waals surface area contributed by atoms with E-state index in [9.17, 15) is 14.4 Å². The molecule has 0 aliphatic rings. The molecular weight excluding hydrogens is 242 g/mol. The van der Waals surface area contributed by atoms with Gasteiger partial charge in [0.15, 0.2) is 0 Å². The molecule has 0 unspecified atom stereocenters. The van der Waals surface area contributed by atoms with Gasteiger partial charge in [-0.25, -0.2) is 4.79 Å². The summed E-state index contributed by atoms with van der Waals surface area (Å²) in [4.78, 5) is 32.7. The third kappa shape index (κ3) is 8.48. The smallest absolute Gasteiger partial charge is 0.326 e. The molecule has 0 saturated carbocycles. The van der Waals surface area contributed by atoms with Crippen molar-refractivity contribution in [1.29, 1.82) is 0 Å². The molecule has 0 rings (SSSR count). The number of hydrogen-bond donors (Lipinski definition) is 4. The Morgan fingerprint density at radius 3 is 2.56 bits per heavy atom. The van der Waals surface area contributed by atoms with E-state index in [1.165, 1.54) is 7.11 Å². The number of nitrogens with one attached hydrogen (secondary N) is 2. The fourth-order valence-corrected chi connectivity index (χ4v) is 1.17. The van der Waals surface area contributed by atoms with E-state index < -0.39 is 23.8 Å². The maximum Gasteiger partial charge on any atom is 0.326 e. The number of nitrogens with two attached hydrogens (primary N) is 1. The van der Waals surface area contributed by atoms with E-state index in [1.54, 1.807) is 0 Å². The van der Waals surface area contributed by atoms with Gasteiger partial charge >= 0.3 is 5.97 Å². The third-order valence-electron chi connectivity index (χ3n) is 2.08. The van der Waals surface area contributed by atoms with Crippen molar-refractivity contribution in [1.82, 2.24) is 10.6 Å². The van der Waals surface area contributed by atoms with Crippen LogP contribution in [0.25, 0.3) is 0 Å². The first-order valence-corrected chi connectivity index (χ1v) is 5.47. The standard InChI is InChI=1S/C10H19N3O5/c1-18-5-4-12-6-9(15)13-7(10(16)17)2-3-8(11)14/h7,12H,2-6H2,1H3,(H2,11,14)(H,13,15)(H,16,17)/t7-/m1/s1. The molecule has 0 aliphatic carbocycles. The molecule has 0 aliphatic heterocycles. The van der Waals surface area contributed by atoms with Gasteiger partial charge in [-0.15, -0.1) is 0 Å². The number of primary amides is 1. The lowest BCUT2D eigenvalue weighted by Gasteiger charge is -2.13. The SMILES string of the molecule is COCCNCC(=O)N[C@H](CCC(N)=O)C(=O)O. The molecular formula is C10H19N3O5. The molecule has 0 radical (unpaired) electrons. The van der Waals surface area contributed by atoms with E-state index in [-0.39, 0.29) is 19.4 Å². The first-order valence-electron chi connectivity index (χ1n) is 5.47. The Labute approximate surface area is 105 Å². The second kappa shape index (κ2) is 9.37. The molecule has 18 heavy (non-hydrogen) atoms. The van der Waals surface area contributed by atoms with E-state index in [0.717, 1.165) is 0 Å². The normalized spacial score (nSPS) is 11.8. The van der Waals surface area contributed by atoms with E-state index in [1.807, 2.05) is 0 Å². The van der Waals surface area contributed by atoms with Gasteiger partial charge < -0.3 is 26.2 Å². The van der Waals surface area contributed by atoms with Gasteiger partial charge in [0.2, 0.25) is 11.8 Å². The Bertz CT molecular complexity index is 295. The van der Waals surface area contributed by atoms with Crippen LogP contribution in [0.2, 0.25) is 0 Å². The molecule has 0 heterocycles. The van der Waals surface area contributed by atoms with Gasteiger partial charge in [0, 0.05) is 20.1 Å². The van der Waals surface area contributed by atoms with E-state index in [0.29, 0.717) is 13.2 Å². The predicted molar refractivity (Wildman–Crippen MR) is 62.7 cm³/mol. The highest BCUT2D eigenvalue weighted by atomic mass is 16.5. The zero-order valence-electron chi connectivity index (χ0n) is 10.3. The van der Waals surface area contributed by atoms with Crippen LogP contribution < -0.4 is 16.4 Å². The number of amides is 2. The molecule has 5 N–H and O–H groups in total. The van der Waals surface area contributed by atoms with Crippen molar-refractivity contribution >= 4 is 17.8 Å². The summed E-state index contributed by atoms with van der Waals surface area (Å²) in [5.41, 5.74) is 4.91. The zero-order valence-corrected chi connectivity index (χ0v) is 10.3. The maximum atomic E-state index is 11.4. The summed E-state index contributed by atoms with van der Waals surface area (Å²) < 4.78 is 4.77. The minimum atomic E-state index is -1.19. The van der Waals surface area contributed by atoms with Crippen molar-refractivity contribution < 1.29 is 24.2 Å². The number of ether oxygens (including phenoxy) is 1. The first kappa shape index (κ1) is 16.3. The predicted octanol–water partition coefficient (Wildman–Crippen LogP) is -1.94. The Balaban J connectivity index is 3.96. The van der Waals surface area contributed by atoms with Crippen LogP contribution in [0.1, 0.15) is 12.8 Å². The summed E-state index contributed by atoms with van der Waals surface area (Å²) in [5, 5.41) is 13.9. The van der Waals surface area contributed by atoms with Crippen LogP contribution in [0, 0.1) is 0 Å². The highest BCUT2D eigenvalue weighted by Crippen LogP contribution is 1.97. The number of methoxy groups -OCH3 is 1. The lowest BCUT2D eigenvalue weighted by molar-refractivity contribution is -0.142. The topological polar surface area (TPSA) is 131 Å². The molecule has 0 spiro atoms. The average molecular weight is 261 g/mol. The largest absolute Gasteiger partial charge is 0.480 e. The molecule has 0 bridgehead atoms. The lowest BCUT2D eigenvalue weighted by Crippen LogP contribution is -2.45. The molecule has 0 fully saturated rings. The molecule has 1 atom stereocenters. The van der Waals surface area contributed by atoms with Crippen molar-refractivity contribution in [3.05, 3.63) is 0 Å². The van der Waals surface area contributed by atoms with Gasteiger partial charge in [-0.2, -0.15) is 0 Å². The molecule has 8 nitrogen and oxygen atoms in total. The summed E-state index contributed by atoms with van der Waals surface area (Å²) in [6.45, 7) is 0.934. The summed E-state index contributed by atoms with van der Waals surface area (Å²) in [7, 11) is 1.53. The molecule has 0 aromatic rings. The van der Waals surface area contributed by atoms with Gasteiger partial charge in [-0.1, -0.05) is 0 Å². The zero-order chi connectivity index (χ0) is 14.0. The molecule has 104 valence electrons. The minimum Gasteiger partial charge on any atom is -0.480 e. The quantitative estimate of drug-likeness (QED) is 0.338. The number of carboxylic acid groups (broad SMARTS) is 1. The van der Waals surface area contributed by atoms with Crippen LogP contribution in [0.15, 0.2) is 0 Å². The Morgan fingerprint density at radius 1 is 1.39 bits per heavy atom. The first-order chi connectivity index (χ1) is 8.47. The summed E-state index contributed by atoms with van der Waals surface area (Å²) in [6.07, 6.45) is -0.108. The summed E-state index contributed by atoms with van der Waals surface area (Å²) in [5.74, 6) is -2.25. The van der Waals surface area contributed by atoms with Crippen LogP contribution in [0.4, 0.5) is 0 Å². The number of rotatable bonds is 10. The van der Waals surface area contributed by atoms with Gasteiger partial charge in [0.25, 0.3) is 0 Å². The average Bonchev–Trinajstić information content (AvgIpc) is 2.29. The molecule has 8 heteroatoms. The van der Waals surface area contributed by atoms with Crippen LogP contribution in [0.5, 0.6) is 0 Å². The summed E-state index contributed by atoms with van der Waals surface area (Å²) in [6, 6.07) is -1.10. The summed E-state index contributed by atoms with van der Waals surface area (Å²) >= 11 is 0. The van der Waals surface area contributed by atoms with Crippen molar-refractivity contribution in [3.63, 3.8) is 0 Å². The third-order valence-corrected chi connectivity index (χ3v) is 2.08. The molecule has 0 saturated heterocycles. The highest BCUT2D eigenvalue weighted by molar-refractivity contribution is 5.85. The van der Waals surface area contributed by atoms with Gasteiger partial charge in [0.05, 0.1) is 13.2 Å². The van der Waals surface area contributed by atoms with Gasteiger partial charge in [-0.3, -0.25) is 9.59 Å².